The lowest BCUT2D eigenvalue weighted by Crippen LogP contribution is -2.53. The predicted octanol–water partition coefficient (Wildman–Crippen LogP) is 5.46. The Hall–Kier alpha value is -3.47. The van der Waals surface area contributed by atoms with Crippen molar-refractivity contribution in [1.82, 2.24) is 10.2 Å². The highest BCUT2D eigenvalue weighted by atomic mass is 19.1. The molecule has 0 saturated heterocycles. The van der Waals surface area contributed by atoms with Crippen LogP contribution in [0.5, 0.6) is 0 Å². The average molecular weight is 473 g/mol. The number of carbonyl (C=O) groups excluding carboxylic acids is 2. The van der Waals surface area contributed by atoms with Crippen molar-refractivity contribution in [3.8, 4) is 0 Å². The Balaban J connectivity index is 1.65. The molecule has 2 amide bonds. The highest BCUT2D eigenvalue weighted by Crippen LogP contribution is 2.21. The first-order valence-corrected chi connectivity index (χ1v) is 12.5. The third-order valence-corrected chi connectivity index (χ3v) is 6.72. The van der Waals surface area contributed by atoms with Crippen LogP contribution in [0.25, 0.3) is 0 Å². The van der Waals surface area contributed by atoms with Gasteiger partial charge in [-0.1, -0.05) is 98.1 Å². The maximum atomic E-state index is 14.7. The summed E-state index contributed by atoms with van der Waals surface area (Å²) in [6.45, 7) is 0.0356. The average Bonchev–Trinajstić information content (AvgIpc) is 2.89. The number of amides is 2. The second-order valence-corrected chi connectivity index (χ2v) is 9.32. The second-order valence-electron chi connectivity index (χ2n) is 9.32. The van der Waals surface area contributed by atoms with Crippen molar-refractivity contribution < 1.29 is 14.0 Å². The van der Waals surface area contributed by atoms with Crippen molar-refractivity contribution in [2.75, 3.05) is 0 Å². The molecule has 0 radical (unpaired) electrons. The fourth-order valence-corrected chi connectivity index (χ4v) is 4.78. The van der Waals surface area contributed by atoms with E-state index in [1.165, 1.54) is 12.5 Å². The molecule has 0 aromatic heterocycles. The molecule has 3 aromatic carbocycles. The van der Waals surface area contributed by atoms with E-state index in [4.69, 9.17) is 0 Å². The first kappa shape index (κ1) is 24.6. The zero-order valence-corrected chi connectivity index (χ0v) is 20.0. The molecule has 3 aromatic rings. The summed E-state index contributed by atoms with van der Waals surface area (Å²) in [6.07, 6.45) is 5.81. The van der Waals surface area contributed by atoms with Crippen LogP contribution in [-0.4, -0.2) is 28.8 Å². The van der Waals surface area contributed by atoms with Crippen LogP contribution in [0.3, 0.4) is 0 Å². The van der Waals surface area contributed by atoms with E-state index >= 15 is 0 Å². The largest absolute Gasteiger partial charge is 0.352 e. The number of nitrogens with zero attached hydrogens (tertiary/aromatic N) is 1. The molecule has 1 atom stereocenters. The number of hydrogen-bond acceptors (Lipinski definition) is 2. The second kappa shape index (κ2) is 12.3. The molecule has 0 aliphatic heterocycles. The van der Waals surface area contributed by atoms with Crippen LogP contribution >= 0.6 is 0 Å². The van der Waals surface area contributed by atoms with Crippen LogP contribution < -0.4 is 5.32 Å². The van der Waals surface area contributed by atoms with Gasteiger partial charge in [0.2, 0.25) is 11.8 Å². The molecule has 1 fully saturated rings. The van der Waals surface area contributed by atoms with Gasteiger partial charge in [-0.15, -0.1) is 0 Å². The minimum absolute atomic E-state index is 0.0356. The van der Waals surface area contributed by atoms with Crippen molar-refractivity contribution in [3.05, 3.63) is 107 Å². The summed E-state index contributed by atoms with van der Waals surface area (Å²) in [7, 11) is 0. The maximum Gasteiger partial charge on any atom is 0.243 e. The van der Waals surface area contributed by atoms with E-state index in [0.29, 0.717) is 12.0 Å². The predicted molar refractivity (Wildman–Crippen MR) is 136 cm³/mol. The summed E-state index contributed by atoms with van der Waals surface area (Å²) in [5.41, 5.74) is 2.22. The normalized spacial score (nSPS) is 14.8. The van der Waals surface area contributed by atoms with Crippen molar-refractivity contribution >= 4 is 11.8 Å². The Morgan fingerprint density at radius 2 is 1.43 bits per heavy atom. The first-order valence-electron chi connectivity index (χ1n) is 12.5. The van der Waals surface area contributed by atoms with E-state index in [2.05, 4.69) is 5.32 Å². The van der Waals surface area contributed by atoms with Gasteiger partial charge in [-0.3, -0.25) is 9.59 Å². The third kappa shape index (κ3) is 7.01. The number of halogens is 1. The number of rotatable bonds is 9. The van der Waals surface area contributed by atoms with Gasteiger partial charge in [-0.2, -0.15) is 0 Å². The van der Waals surface area contributed by atoms with Crippen molar-refractivity contribution in [1.29, 1.82) is 0 Å². The van der Waals surface area contributed by atoms with Gasteiger partial charge in [-0.05, 0) is 30.0 Å². The van der Waals surface area contributed by atoms with E-state index in [-0.39, 0.29) is 36.6 Å². The van der Waals surface area contributed by atoms with E-state index in [0.717, 1.165) is 36.8 Å². The van der Waals surface area contributed by atoms with Gasteiger partial charge in [0.05, 0.1) is 6.42 Å². The summed E-state index contributed by atoms with van der Waals surface area (Å²) in [4.78, 5) is 28.9. The van der Waals surface area contributed by atoms with Gasteiger partial charge in [0.25, 0.3) is 0 Å². The van der Waals surface area contributed by atoms with Crippen LogP contribution in [0.4, 0.5) is 4.39 Å². The first-order chi connectivity index (χ1) is 17.1. The molecule has 1 saturated carbocycles. The summed E-state index contributed by atoms with van der Waals surface area (Å²) in [5.74, 6) is -0.742. The smallest absolute Gasteiger partial charge is 0.243 e. The minimum Gasteiger partial charge on any atom is -0.352 e. The zero-order chi connectivity index (χ0) is 24.5. The van der Waals surface area contributed by atoms with Gasteiger partial charge in [0.15, 0.2) is 0 Å². The molecule has 4 nitrogen and oxygen atoms in total. The minimum atomic E-state index is -0.741. The molecule has 5 heteroatoms. The molecule has 0 spiro atoms. The number of benzene rings is 3. The molecular formula is C30H33FN2O2. The Labute approximate surface area is 207 Å². The van der Waals surface area contributed by atoms with Gasteiger partial charge in [0.1, 0.15) is 11.9 Å². The summed E-state index contributed by atoms with van der Waals surface area (Å²) < 4.78 is 14.7. The highest BCUT2D eigenvalue weighted by Gasteiger charge is 2.32. The molecule has 1 aliphatic carbocycles. The molecular weight excluding hydrogens is 439 g/mol. The molecule has 4 rings (SSSR count). The van der Waals surface area contributed by atoms with Crippen molar-refractivity contribution in [2.24, 2.45) is 0 Å². The van der Waals surface area contributed by atoms with Crippen LogP contribution in [0, 0.1) is 5.82 Å². The topological polar surface area (TPSA) is 49.4 Å². The highest BCUT2D eigenvalue weighted by molar-refractivity contribution is 5.89. The van der Waals surface area contributed by atoms with E-state index in [9.17, 15) is 14.0 Å². The Morgan fingerprint density at radius 3 is 2.09 bits per heavy atom. The Bertz CT molecular complexity index is 1100. The third-order valence-electron chi connectivity index (χ3n) is 6.72. The summed E-state index contributed by atoms with van der Waals surface area (Å²) >= 11 is 0. The molecule has 1 aliphatic rings. The van der Waals surface area contributed by atoms with Crippen LogP contribution in [0.15, 0.2) is 84.9 Å². The van der Waals surface area contributed by atoms with Crippen LogP contribution in [-0.2, 0) is 29.0 Å². The molecule has 0 heterocycles. The Morgan fingerprint density at radius 1 is 0.829 bits per heavy atom. The number of nitrogens with one attached hydrogen (secondary N) is 1. The lowest BCUT2D eigenvalue weighted by molar-refractivity contribution is -0.141. The standard InChI is InChI=1S/C30H33FN2O2/c31-27-19-11-10-16-25(27)22-33(29(34)21-24-14-6-2-7-15-24)28(20-23-12-4-1-5-13-23)30(35)32-26-17-8-3-9-18-26/h1-2,4-7,10-16,19,26,28H,3,8-9,17-18,20-22H2,(H,32,35)/t28-/m0/s1. The molecule has 35 heavy (non-hydrogen) atoms. The van der Waals surface area contributed by atoms with Gasteiger partial charge >= 0.3 is 0 Å². The lowest BCUT2D eigenvalue weighted by atomic mass is 9.94. The number of hydrogen-bond donors (Lipinski definition) is 1. The van der Waals surface area contributed by atoms with Crippen molar-refractivity contribution in [3.63, 3.8) is 0 Å². The van der Waals surface area contributed by atoms with Crippen molar-refractivity contribution in [2.45, 2.75) is 63.6 Å². The maximum absolute atomic E-state index is 14.7. The van der Waals surface area contributed by atoms with Gasteiger partial charge in [0, 0.05) is 24.6 Å². The van der Waals surface area contributed by atoms with E-state index in [1.807, 2.05) is 60.7 Å². The summed E-state index contributed by atoms with van der Waals surface area (Å²) in [6, 6.07) is 25.0. The lowest BCUT2D eigenvalue weighted by Gasteiger charge is -2.33. The molecule has 182 valence electrons. The van der Waals surface area contributed by atoms with E-state index in [1.54, 1.807) is 23.1 Å². The zero-order valence-electron chi connectivity index (χ0n) is 20.0. The monoisotopic (exact) mass is 472 g/mol. The molecule has 0 bridgehead atoms. The Kier molecular flexibility index (Phi) is 8.66. The summed E-state index contributed by atoms with van der Waals surface area (Å²) in [5, 5.41) is 3.21. The fourth-order valence-electron chi connectivity index (χ4n) is 4.78. The molecule has 1 N–H and O–H groups in total. The van der Waals surface area contributed by atoms with E-state index < -0.39 is 6.04 Å². The van der Waals surface area contributed by atoms with Crippen LogP contribution in [0.2, 0.25) is 0 Å². The molecule has 0 unspecified atom stereocenters. The van der Waals surface area contributed by atoms with Gasteiger partial charge in [-0.25, -0.2) is 4.39 Å². The number of carbonyl (C=O) groups is 2. The SMILES string of the molecule is O=C(NC1CCCCC1)[C@H](Cc1ccccc1)N(Cc1ccccc1F)C(=O)Cc1ccccc1. The fraction of sp³-hybridized carbons (Fsp3) is 0.333. The van der Waals surface area contributed by atoms with Crippen LogP contribution in [0.1, 0.15) is 48.8 Å². The van der Waals surface area contributed by atoms with Gasteiger partial charge < -0.3 is 10.2 Å². The quantitative estimate of drug-likeness (QED) is 0.450.